The molecule has 3 rings (SSSR count). The van der Waals surface area contributed by atoms with Gasteiger partial charge in [0.25, 0.3) is 0 Å². The molecular formula is C17H20BrNOS. The molecule has 1 aliphatic heterocycles. The first-order valence-corrected chi connectivity index (χ1v) is 9.00. The van der Waals surface area contributed by atoms with E-state index >= 15 is 0 Å². The molecule has 1 aromatic carbocycles. The second kappa shape index (κ2) is 6.61. The van der Waals surface area contributed by atoms with Crippen LogP contribution in [0.2, 0.25) is 0 Å². The van der Waals surface area contributed by atoms with Gasteiger partial charge in [-0.2, -0.15) is 0 Å². The van der Waals surface area contributed by atoms with Crippen molar-refractivity contribution < 1.29 is 4.74 Å². The summed E-state index contributed by atoms with van der Waals surface area (Å²) < 4.78 is 6.74. The molecular weight excluding hydrogens is 346 g/mol. The fourth-order valence-corrected chi connectivity index (χ4v) is 4.76. The van der Waals surface area contributed by atoms with E-state index in [9.17, 15) is 0 Å². The Hall–Kier alpha value is -0.680. The van der Waals surface area contributed by atoms with Crippen molar-refractivity contribution >= 4 is 27.3 Å². The van der Waals surface area contributed by atoms with Crippen molar-refractivity contribution in [2.75, 3.05) is 13.2 Å². The van der Waals surface area contributed by atoms with Crippen LogP contribution in [-0.4, -0.2) is 19.3 Å². The molecule has 1 atom stereocenters. The fourth-order valence-electron chi connectivity index (χ4n) is 3.25. The van der Waals surface area contributed by atoms with Crippen molar-refractivity contribution in [1.29, 1.82) is 0 Å². The monoisotopic (exact) mass is 365 g/mol. The second-order valence-corrected chi connectivity index (χ2v) is 7.59. The van der Waals surface area contributed by atoms with Crippen LogP contribution in [0.4, 0.5) is 0 Å². The summed E-state index contributed by atoms with van der Waals surface area (Å²) >= 11 is 5.30. The molecule has 0 amide bonds. The Bertz CT molecular complexity index is 577. The van der Waals surface area contributed by atoms with Crippen molar-refractivity contribution in [3.8, 4) is 0 Å². The standard InChI is InChI=1S/C17H20BrNOS/c18-14-10-15(21-12-14)11-16(19)17(6-8-20-9-7-17)13-4-2-1-3-5-13/h1-5,10,12,16H,6-9,11,19H2. The van der Waals surface area contributed by atoms with Gasteiger partial charge in [-0.3, -0.25) is 0 Å². The molecule has 0 aliphatic carbocycles. The third-order valence-electron chi connectivity index (χ3n) is 4.49. The maximum Gasteiger partial charge on any atom is 0.0475 e. The van der Waals surface area contributed by atoms with Crippen molar-refractivity contribution in [3.63, 3.8) is 0 Å². The Labute approximate surface area is 138 Å². The van der Waals surface area contributed by atoms with Crippen LogP contribution in [0.15, 0.2) is 46.3 Å². The van der Waals surface area contributed by atoms with Gasteiger partial charge in [-0.05, 0) is 46.8 Å². The maximum absolute atomic E-state index is 6.69. The minimum atomic E-state index is 0.0377. The van der Waals surface area contributed by atoms with Gasteiger partial charge >= 0.3 is 0 Å². The number of nitrogens with two attached hydrogens (primary N) is 1. The largest absolute Gasteiger partial charge is 0.381 e. The highest BCUT2D eigenvalue weighted by Crippen LogP contribution is 2.39. The predicted octanol–water partition coefficient (Wildman–Crippen LogP) is 4.13. The number of halogens is 1. The van der Waals surface area contributed by atoms with Crippen LogP contribution >= 0.6 is 27.3 Å². The van der Waals surface area contributed by atoms with Gasteiger partial charge in [-0.1, -0.05) is 30.3 Å². The summed E-state index contributed by atoms with van der Waals surface area (Å²) in [5, 5.41) is 2.13. The lowest BCUT2D eigenvalue weighted by atomic mass is 9.68. The highest BCUT2D eigenvalue weighted by molar-refractivity contribution is 9.10. The van der Waals surface area contributed by atoms with Gasteiger partial charge in [0.2, 0.25) is 0 Å². The summed E-state index contributed by atoms with van der Waals surface area (Å²) in [6.07, 6.45) is 2.93. The highest BCUT2D eigenvalue weighted by Gasteiger charge is 2.40. The first kappa shape index (κ1) is 15.2. The smallest absolute Gasteiger partial charge is 0.0475 e. The summed E-state index contributed by atoms with van der Waals surface area (Å²) in [7, 11) is 0. The molecule has 1 saturated heterocycles. The van der Waals surface area contributed by atoms with E-state index in [1.165, 1.54) is 10.4 Å². The number of thiophene rings is 1. The Kier molecular flexibility index (Phi) is 4.79. The Morgan fingerprint density at radius 3 is 2.57 bits per heavy atom. The molecule has 2 N–H and O–H groups in total. The summed E-state index contributed by atoms with van der Waals surface area (Å²) in [5.41, 5.74) is 8.09. The van der Waals surface area contributed by atoms with E-state index in [1.807, 2.05) is 0 Å². The molecule has 2 aromatic rings. The number of hydrogen-bond acceptors (Lipinski definition) is 3. The van der Waals surface area contributed by atoms with Crippen molar-refractivity contribution in [3.05, 3.63) is 56.7 Å². The van der Waals surface area contributed by atoms with Gasteiger partial charge in [0.1, 0.15) is 0 Å². The van der Waals surface area contributed by atoms with Crippen LogP contribution in [-0.2, 0) is 16.6 Å². The van der Waals surface area contributed by atoms with E-state index in [4.69, 9.17) is 10.5 Å². The normalized spacial score (nSPS) is 19.3. The topological polar surface area (TPSA) is 35.2 Å². The molecule has 0 radical (unpaired) electrons. The minimum absolute atomic E-state index is 0.0377. The van der Waals surface area contributed by atoms with E-state index in [1.54, 1.807) is 11.3 Å². The van der Waals surface area contributed by atoms with Gasteiger partial charge in [-0.15, -0.1) is 11.3 Å². The molecule has 2 nitrogen and oxygen atoms in total. The Balaban J connectivity index is 1.88. The zero-order chi connectivity index (χ0) is 14.7. The predicted molar refractivity (Wildman–Crippen MR) is 91.9 cm³/mol. The van der Waals surface area contributed by atoms with Gasteiger partial charge in [0.15, 0.2) is 0 Å². The first-order valence-electron chi connectivity index (χ1n) is 7.32. The Morgan fingerprint density at radius 1 is 1.24 bits per heavy atom. The lowest BCUT2D eigenvalue weighted by Gasteiger charge is -2.42. The zero-order valence-corrected chi connectivity index (χ0v) is 14.3. The van der Waals surface area contributed by atoms with E-state index in [2.05, 4.69) is 57.7 Å². The summed E-state index contributed by atoms with van der Waals surface area (Å²) in [4.78, 5) is 1.34. The molecule has 2 heterocycles. The molecule has 1 aromatic heterocycles. The summed E-state index contributed by atoms with van der Waals surface area (Å²) in [5.74, 6) is 0. The number of ether oxygens (including phenoxy) is 1. The minimum Gasteiger partial charge on any atom is -0.381 e. The molecule has 112 valence electrons. The molecule has 21 heavy (non-hydrogen) atoms. The number of rotatable bonds is 4. The van der Waals surface area contributed by atoms with Crippen LogP contribution in [0.25, 0.3) is 0 Å². The average Bonchev–Trinajstić information content (AvgIpc) is 2.94. The SMILES string of the molecule is NC(Cc1cc(Br)cs1)C1(c2ccccc2)CCOCC1. The van der Waals surface area contributed by atoms with Gasteiger partial charge < -0.3 is 10.5 Å². The van der Waals surface area contributed by atoms with E-state index < -0.39 is 0 Å². The van der Waals surface area contributed by atoms with Crippen LogP contribution in [0.3, 0.4) is 0 Å². The molecule has 1 fully saturated rings. The fraction of sp³-hybridized carbons (Fsp3) is 0.412. The molecule has 0 saturated carbocycles. The first-order chi connectivity index (χ1) is 10.2. The highest BCUT2D eigenvalue weighted by atomic mass is 79.9. The molecule has 1 unspecified atom stereocenters. The number of benzene rings is 1. The average molecular weight is 366 g/mol. The van der Waals surface area contributed by atoms with E-state index in [0.717, 1.165) is 36.9 Å². The third kappa shape index (κ3) is 3.24. The van der Waals surface area contributed by atoms with Crippen molar-refractivity contribution in [2.24, 2.45) is 5.73 Å². The van der Waals surface area contributed by atoms with Crippen LogP contribution in [0, 0.1) is 0 Å². The third-order valence-corrected chi connectivity index (χ3v) is 6.21. The molecule has 4 heteroatoms. The lowest BCUT2D eigenvalue weighted by molar-refractivity contribution is 0.0401. The van der Waals surface area contributed by atoms with Crippen molar-refractivity contribution in [1.82, 2.24) is 0 Å². The Morgan fingerprint density at radius 2 is 1.95 bits per heavy atom. The van der Waals surface area contributed by atoms with Gasteiger partial charge in [0.05, 0.1) is 0 Å². The van der Waals surface area contributed by atoms with Gasteiger partial charge in [-0.25, -0.2) is 0 Å². The second-order valence-electron chi connectivity index (χ2n) is 5.68. The summed E-state index contributed by atoms with van der Waals surface area (Å²) in [6, 6.07) is 13.0. The van der Waals surface area contributed by atoms with Crippen LogP contribution in [0.5, 0.6) is 0 Å². The van der Waals surface area contributed by atoms with Gasteiger partial charge in [0, 0.05) is 39.4 Å². The summed E-state index contributed by atoms with van der Waals surface area (Å²) in [6.45, 7) is 1.60. The van der Waals surface area contributed by atoms with E-state index in [-0.39, 0.29) is 11.5 Å². The van der Waals surface area contributed by atoms with Crippen molar-refractivity contribution in [2.45, 2.75) is 30.7 Å². The quantitative estimate of drug-likeness (QED) is 0.883. The lowest BCUT2D eigenvalue weighted by Crippen LogP contribution is -2.50. The zero-order valence-electron chi connectivity index (χ0n) is 11.9. The van der Waals surface area contributed by atoms with Crippen LogP contribution < -0.4 is 5.73 Å². The number of hydrogen-bond donors (Lipinski definition) is 1. The van der Waals surface area contributed by atoms with Crippen LogP contribution in [0.1, 0.15) is 23.3 Å². The molecule has 0 bridgehead atoms. The maximum atomic E-state index is 6.69. The van der Waals surface area contributed by atoms with E-state index in [0.29, 0.717) is 0 Å². The molecule has 0 spiro atoms. The molecule has 1 aliphatic rings.